The predicted octanol–water partition coefficient (Wildman–Crippen LogP) is 2.03. The number of β-amino-alcohol motifs (C(OH)–C–C–N with tert-alkyl or cyclic N) is 1. The summed E-state index contributed by atoms with van der Waals surface area (Å²) >= 11 is 0. The summed E-state index contributed by atoms with van der Waals surface area (Å²) in [4.78, 5) is 13.8. The molecular formula is C18H31N5O. The van der Waals surface area contributed by atoms with Crippen LogP contribution in [0.3, 0.4) is 0 Å². The van der Waals surface area contributed by atoms with Crippen molar-refractivity contribution in [2.24, 2.45) is 0 Å². The second-order valence-electron chi connectivity index (χ2n) is 7.27. The molecule has 2 N–H and O–H groups in total. The van der Waals surface area contributed by atoms with Gasteiger partial charge in [0, 0.05) is 51.0 Å². The average molecular weight is 333 g/mol. The number of aromatic nitrogens is 2. The molecule has 1 saturated heterocycles. The maximum absolute atomic E-state index is 10.8. The summed E-state index contributed by atoms with van der Waals surface area (Å²) in [5.41, 5.74) is 0.541. The van der Waals surface area contributed by atoms with E-state index in [0.717, 1.165) is 63.6 Å². The molecule has 0 unspecified atom stereocenters. The minimum absolute atomic E-state index is 0.454. The van der Waals surface area contributed by atoms with Gasteiger partial charge in [-0.25, -0.2) is 4.98 Å². The van der Waals surface area contributed by atoms with E-state index in [2.05, 4.69) is 38.1 Å². The lowest BCUT2D eigenvalue weighted by atomic mass is 9.84. The SMILES string of the molecule is CCNc1nc(C)cc(N2CCN(CC3(O)CCCCC3)CC2)n1. The Morgan fingerprint density at radius 2 is 1.83 bits per heavy atom. The second kappa shape index (κ2) is 7.66. The van der Waals surface area contributed by atoms with E-state index >= 15 is 0 Å². The van der Waals surface area contributed by atoms with Gasteiger partial charge < -0.3 is 15.3 Å². The molecule has 0 spiro atoms. The quantitative estimate of drug-likeness (QED) is 0.860. The van der Waals surface area contributed by atoms with E-state index in [4.69, 9.17) is 0 Å². The standard InChI is InChI=1S/C18H31N5O/c1-3-19-17-20-15(2)13-16(21-17)23-11-9-22(10-12-23)14-18(24)7-5-4-6-8-18/h13,24H,3-12,14H2,1-2H3,(H,19,20,21). The third-order valence-electron chi connectivity index (χ3n) is 5.17. The fraction of sp³-hybridized carbons (Fsp3) is 0.778. The topological polar surface area (TPSA) is 64.5 Å². The van der Waals surface area contributed by atoms with Gasteiger partial charge in [0.25, 0.3) is 0 Å². The number of piperazine rings is 1. The lowest BCUT2D eigenvalue weighted by Gasteiger charge is -2.41. The molecule has 0 atom stereocenters. The Morgan fingerprint density at radius 3 is 2.50 bits per heavy atom. The Kier molecular flexibility index (Phi) is 5.56. The van der Waals surface area contributed by atoms with Crippen LogP contribution in [0.2, 0.25) is 0 Å². The van der Waals surface area contributed by atoms with E-state index < -0.39 is 5.60 Å². The molecule has 2 fully saturated rings. The molecular weight excluding hydrogens is 302 g/mol. The van der Waals surface area contributed by atoms with Crippen LogP contribution in [0.1, 0.15) is 44.7 Å². The Labute approximate surface area is 145 Å². The van der Waals surface area contributed by atoms with Gasteiger partial charge in [0.15, 0.2) is 0 Å². The predicted molar refractivity (Wildman–Crippen MR) is 97.6 cm³/mol. The number of rotatable bonds is 5. The first-order chi connectivity index (χ1) is 11.6. The maximum Gasteiger partial charge on any atom is 0.224 e. The molecule has 1 aromatic heterocycles. The molecule has 1 aliphatic carbocycles. The van der Waals surface area contributed by atoms with Crippen LogP contribution in [0.15, 0.2) is 6.07 Å². The molecule has 6 heteroatoms. The third-order valence-corrected chi connectivity index (χ3v) is 5.17. The minimum Gasteiger partial charge on any atom is -0.389 e. The molecule has 2 aliphatic rings. The van der Waals surface area contributed by atoms with Crippen molar-refractivity contribution in [3.8, 4) is 0 Å². The van der Waals surface area contributed by atoms with E-state index in [9.17, 15) is 5.11 Å². The van der Waals surface area contributed by atoms with Gasteiger partial charge in [-0.2, -0.15) is 4.98 Å². The number of nitrogens with zero attached hydrogens (tertiary/aromatic N) is 4. The van der Waals surface area contributed by atoms with Crippen LogP contribution >= 0.6 is 0 Å². The fourth-order valence-corrected chi connectivity index (χ4v) is 3.87. The van der Waals surface area contributed by atoms with Crippen molar-refractivity contribution in [1.29, 1.82) is 0 Å². The van der Waals surface area contributed by atoms with Crippen molar-refractivity contribution in [2.75, 3.05) is 49.5 Å². The van der Waals surface area contributed by atoms with Crippen molar-refractivity contribution < 1.29 is 5.11 Å². The summed E-state index contributed by atoms with van der Waals surface area (Å²) in [6, 6.07) is 2.06. The number of nitrogens with one attached hydrogen (secondary N) is 1. The largest absolute Gasteiger partial charge is 0.389 e. The molecule has 1 aromatic rings. The van der Waals surface area contributed by atoms with Gasteiger partial charge in [0.1, 0.15) is 5.82 Å². The molecule has 3 rings (SSSR count). The maximum atomic E-state index is 10.8. The van der Waals surface area contributed by atoms with Crippen LogP contribution in [0.4, 0.5) is 11.8 Å². The number of anilines is 2. The summed E-state index contributed by atoms with van der Waals surface area (Å²) in [6.07, 6.45) is 5.54. The summed E-state index contributed by atoms with van der Waals surface area (Å²) in [6.45, 7) is 9.61. The molecule has 1 saturated carbocycles. The zero-order valence-corrected chi connectivity index (χ0v) is 15.1. The van der Waals surface area contributed by atoms with Gasteiger partial charge in [0.05, 0.1) is 5.60 Å². The zero-order valence-electron chi connectivity index (χ0n) is 15.1. The highest BCUT2D eigenvalue weighted by molar-refractivity contribution is 5.45. The highest BCUT2D eigenvalue weighted by Crippen LogP contribution is 2.29. The summed E-state index contributed by atoms with van der Waals surface area (Å²) in [7, 11) is 0. The zero-order chi connectivity index (χ0) is 17.0. The van der Waals surface area contributed by atoms with E-state index in [1.165, 1.54) is 19.3 Å². The Hall–Kier alpha value is -1.40. The number of hydrogen-bond donors (Lipinski definition) is 2. The van der Waals surface area contributed by atoms with Gasteiger partial charge in [-0.3, -0.25) is 4.90 Å². The van der Waals surface area contributed by atoms with Gasteiger partial charge in [-0.1, -0.05) is 19.3 Å². The molecule has 0 aromatic carbocycles. The van der Waals surface area contributed by atoms with Crippen LogP contribution in [-0.2, 0) is 0 Å². The normalized spacial score (nSPS) is 21.7. The second-order valence-corrected chi connectivity index (χ2v) is 7.27. The van der Waals surface area contributed by atoms with Crippen LogP contribution in [0.5, 0.6) is 0 Å². The highest BCUT2D eigenvalue weighted by atomic mass is 16.3. The molecule has 2 heterocycles. The minimum atomic E-state index is -0.454. The molecule has 6 nitrogen and oxygen atoms in total. The first kappa shape index (κ1) is 17.4. The monoisotopic (exact) mass is 333 g/mol. The van der Waals surface area contributed by atoms with E-state index in [1.807, 2.05) is 6.92 Å². The van der Waals surface area contributed by atoms with E-state index in [-0.39, 0.29) is 0 Å². The summed E-state index contributed by atoms with van der Waals surface area (Å²) in [5.74, 6) is 1.72. The van der Waals surface area contributed by atoms with Crippen molar-refractivity contribution in [1.82, 2.24) is 14.9 Å². The van der Waals surface area contributed by atoms with Crippen LogP contribution < -0.4 is 10.2 Å². The van der Waals surface area contributed by atoms with Crippen molar-refractivity contribution >= 4 is 11.8 Å². The van der Waals surface area contributed by atoms with E-state index in [0.29, 0.717) is 5.95 Å². The first-order valence-electron chi connectivity index (χ1n) is 9.37. The van der Waals surface area contributed by atoms with Crippen LogP contribution in [0, 0.1) is 6.92 Å². The third kappa shape index (κ3) is 4.36. The smallest absolute Gasteiger partial charge is 0.224 e. The average Bonchev–Trinajstić information content (AvgIpc) is 2.55. The Balaban J connectivity index is 1.57. The molecule has 0 bridgehead atoms. The van der Waals surface area contributed by atoms with Crippen LogP contribution in [0.25, 0.3) is 0 Å². The van der Waals surface area contributed by atoms with Gasteiger partial charge >= 0.3 is 0 Å². The number of aryl methyl sites for hydroxylation is 1. The molecule has 24 heavy (non-hydrogen) atoms. The van der Waals surface area contributed by atoms with Gasteiger partial charge in [-0.05, 0) is 26.7 Å². The fourth-order valence-electron chi connectivity index (χ4n) is 3.87. The summed E-state index contributed by atoms with van der Waals surface area (Å²) in [5, 5.41) is 14.0. The lowest BCUT2D eigenvalue weighted by molar-refractivity contribution is -0.0271. The highest BCUT2D eigenvalue weighted by Gasteiger charge is 2.32. The first-order valence-corrected chi connectivity index (χ1v) is 9.37. The molecule has 0 radical (unpaired) electrons. The van der Waals surface area contributed by atoms with Crippen LogP contribution in [-0.4, -0.2) is 64.8 Å². The van der Waals surface area contributed by atoms with E-state index in [1.54, 1.807) is 0 Å². The summed E-state index contributed by atoms with van der Waals surface area (Å²) < 4.78 is 0. The van der Waals surface area contributed by atoms with Crippen molar-refractivity contribution in [3.63, 3.8) is 0 Å². The molecule has 0 amide bonds. The van der Waals surface area contributed by atoms with Gasteiger partial charge in [-0.15, -0.1) is 0 Å². The molecule has 134 valence electrons. The number of aliphatic hydroxyl groups is 1. The lowest BCUT2D eigenvalue weighted by Crippen LogP contribution is -2.52. The van der Waals surface area contributed by atoms with Crippen molar-refractivity contribution in [3.05, 3.63) is 11.8 Å². The molecule has 1 aliphatic heterocycles. The van der Waals surface area contributed by atoms with Crippen molar-refractivity contribution in [2.45, 2.75) is 51.6 Å². The Bertz CT molecular complexity index is 536. The van der Waals surface area contributed by atoms with Gasteiger partial charge in [0.2, 0.25) is 5.95 Å². The number of hydrogen-bond acceptors (Lipinski definition) is 6. The Morgan fingerprint density at radius 1 is 1.12 bits per heavy atom.